The van der Waals surface area contributed by atoms with Crippen LogP contribution in [-0.4, -0.2) is 64.8 Å². The molecule has 1 aliphatic heterocycles. The summed E-state index contributed by atoms with van der Waals surface area (Å²) in [4.78, 5) is 30.0. The van der Waals surface area contributed by atoms with Crippen molar-refractivity contribution in [1.82, 2.24) is 19.4 Å². The normalized spacial score (nSPS) is 14.4. The zero-order valence-electron chi connectivity index (χ0n) is 20.4. The number of fused-ring (bicyclic) bond motifs is 1. The summed E-state index contributed by atoms with van der Waals surface area (Å²) in [5.74, 6) is 0.695. The van der Waals surface area contributed by atoms with E-state index in [1.165, 1.54) is 0 Å². The predicted molar refractivity (Wildman–Crippen MR) is 136 cm³/mol. The van der Waals surface area contributed by atoms with Gasteiger partial charge in [-0.2, -0.15) is 4.98 Å². The van der Waals surface area contributed by atoms with Gasteiger partial charge in [0.25, 0.3) is 0 Å². The van der Waals surface area contributed by atoms with E-state index in [9.17, 15) is 4.79 Å². The van der Waals surface area contributed by atoms with Gasteiger partial charge >= 0.3 is 0 Å². The standard InChI is InChI=1S/C25H33N7O2/c1-5-21(6-2)32-23(17-27-34-4)15-19-16-26-25(29-24(19)32)28-20-7-9-22(10-8-20)31-13-11-30(12-14-31)18(3)33/h7-10,15-17,21H,5-6,11-14H2,1-4H3,(H,26,28,29)/b27-17+. The number of nitrogens with zero attached hydrogens (tertiary/aromatic N) is 6. The number of piperazine rings is 1. The molecular weight excluding hydrogens is 430 g/mol. The number of oxime groups is 1. The monoisotopic (exact) mass is 463 g/mol. The minimum absolute atomic E-state index is 0.143. The molecule has 0 radical (unpaired) electrons. The zero-order chi connectivity index (χ0) is 24.1. The lowest BCUT2D eigenvalue weighted by molar-refractivity contribution is -0.129. The number of aromatic nitrogens is 3. The van der Waals surface area contributed by atoms with Gasteiger partial charge in [-0.3, -0.25) is 4.79 Å². The molecule has 0 bridgehead atoms. The average Bonchev–Trinajstić information content (AvgIpc) is 3.21. The molecule has 1 amide bonds. The van der Waals surface area contributed by atoms with Crippen LogP contribution in [0.3, 0.4) is 0 Å². The molecule has 0 saturated carbocycles. The molecule has 9 heteroatoms. The number of benzene rings is 1. The highest BCUT2D eigenvalue weighted by Gasteiger charge is 2.19. The molecule has 9 nitrogen and oxygen atoms in total. The van der Waals surface area contributed by atoms with Crippen LogP contribution in [0, 0.1) is 0 Å². The quantitative estimate of drug-likeness (QED) is 0.398. The van der Waals surface area contributed by atoms with Gasteiger partial charge in [0.2, 0.25) is 11.9 Å². The first-order chi connectivity index (χ1) is 16.5. The van der Waals surface area contributed by atoms with Crippen molar-refractivity contribution >= 4 is 40.5 Å². The minimum Gasteiger partial charge on any atom is -0.399 e. The van der Waals surface area contributed by atoms with Crippen molar-refractivity contribution in [2.24, 2.45) is 5.16 Å². The lowest BCUT2D eigenvalue weighted by atomic mass is 10.1. The van der Waals surface area contributed by atoms with Crippen molar-refractivity contribution in [2.45, 2.75) is 39.7 Å². The van der Waals surface area contributed by atoms with E-state index in [2.05, 4.69) is 50.9 Å². The van der Waals surface area contributed by atoms with Crippen LogP contribution >= 0.6 is 0 Å². The number of anilines is 3. The van der Waals surface area contributed by atoms with Crippen molar-refractivity contribution in [2.75, 3.05) is 43.5 Å². The largest absolute Gasteiger partial charge is 0.399 e. The van der Waals surface area contributed by atoms with Gasteiger partial charge in [-0.05, 0) is 43.2 Å². The average molecular weight is 464 g/mol. The fourth-order valence-corrected chi connectivity index (χ4v) is 4.50. The number of nitrogens with one attached hydrogen (secondary N) is 1. The lowest BCUT2D eigenvalue weighted by Crippen LogP contribution is -2.48. The number of hydrogen-bond donors (Lipinski definition) is 1. The molecule has 0 spiro atoms. The Morgan fingerprint density at radius 1 is 1.18 bits per heavy atom. The van der Waals surface area contributed by atoms with Gasteiger partial charge in [0, 0.05) is 62.1 Å². The number of rotatable bonds is 8. The summed E-state index contributed by atoms with van der Waals surface area (Å²) in [5.41, 5.74) is 3.90. The summed E-state index contributed by atoms with van der Waals surface area (Å²) < 4.78 is 2.22. The maximum Gasteiger partial charge on any atom is 0.229 e. The predicted octanol–water partition coefficient (Wildman–Crippen LogP) is 4.18. The van der Waals surface area contributed by atoms with E-state index in [1.807, 2.05) is 29.3 Å². The SMILES string of the molecule is CCC(CC)n1c(/C=N/OC)cc2cnc(Nc3ccc(N4CCN(C(C)=O)CC4)cc3)nc21. The molecule has 3 aromatic rings. The fraction of sp³-hybridized carbons (Fsp3) is 0.440. The first-order valence-corrected chi connectivity index (χ1v) is 11.9. The highest BCUT2D eigenvalue weighted by molar-refractivity contribution is 5.89. The van der Waals surface area contributed by atoms with E-state index < -0.39 is 0 Å². The third kappa shape index (κ3) is 4.98. The van der Waals surface area contributed by atoms with Gasteiger partial charge in [0.05, 0.1) is 11.9 Å². The van der Waals surface area contributed by atoms with Gasteiger partial charge in [0.1, 0.15) is 12.8 Å². The molecule has 2 aromatic heterocycles. The van der Waals surface area contributed by atoms with Gasteiger partial charge in [0.15, 0.2) is 0 Å². The Morgan fingerprint density at radius 2 is 1.88 bits per heavy atom. The summed E-state index contributed by atoms with van der Waals surface area (Å²) in [7, 11) is 1.54. The molecule has 1 N–H and O–H groups in total. The Kier molecular flexibility index (Phi) is 7.30. The highest BCUT2D eigenvalue weighted by Crippen LogP contribution is 2.27. The number of hydrogen-bond acceptors (Lipinski definition) is 7. The van der Waals surface area contributed by atoms with E-state index >= 15 is 0 Å². The Labute approximate surface area is 200 Å². The molecule has 1 aromatic carbocycles. The molecule has 0 atom stereocenters. The highest BCUT2D eigenvalue weighted by atomic mass is 16.6. The number of amides is 1. The second kappa shape index (κ2) is 10.5. The van der Waals surface area contributed by atoms with Crippen LogP contribution in [0.25, 0.3) is 11.0 Å². The maximum atomic E-state index is 11.6. The molecule has 0 unspecified atom stereocenters. The van der Waals surface area contributed by atoms with Crippen LogP contribution in [0.5, 0.6) is 0 Å². The molecule has 1 saturated heterocycles. The molecule has 1 aliphatic rings. The molecule has 1 fully saturated rings. The molecule has 34 heavy (non-hydrogen) atoms. The lowest BCUT2D eigenvalue weighted by Gasteiger charge is -2.35. The summed E-state index contributed by atoms with van der Waals surface area (Å²) in [6, 6.07) is 10.6. The molecule has 3 heterocycles. The Hall–Kier alpha value is -3.62. The van der Waals surface area contributed by atoms with Crippen molar-refractivity contribution in [3.05, 3.63) is 42.2 Å². The molecule has 0 aliphatic carbocycles. The Morgan fingerprint density at radius 3 is 2.50 bits per heavy atom. The van der Waals surface area contributed by atoms with Crippen molar-refractivity contribution in [3.8, 4) is 0 Å². The molecule has 4 rings (SSSR count). The second-order valence-corrected chi connectivity index (χ2v) is 8.46. The summed E-state index contributed by atoms with van der Waals surface area (Å²) in [6.45, 7) is 9.19. The van der Waals surface area contributed by atoms with Crippen molar-refractivity contribution in [3.63, 3.8) is 0 Å². The van der Waals surface area contributed by atoms with Crippen molar-refractivity contribution < 1.29 is 9.63 Å². The summed E-state index contributed by atoms with van der Waals surface area (Å²) in [6.07, 6.45) is 5.55. The minimum atomic E-state index is 0.143. The Balaban J connectivity index is 1.53. The van der Waals surface area contributed by atoms with Crippen LogP contribution in [0.2, 0.25) is 0 Å². The summed E-state index contributed by atoms with van der Waals surface area (Å²) >= 11 is 0. The van der Waals surface area contributed by atoms with E-state index in [-0.39, 0.29) is 5.91 Å². The van der Waals surface area contributed by atoms with Crippen LogP contribution < -0.4 is 10.2 Å². The van der Waals surface area contributed by atoms with Crippen LogP contribution in [-0.2, 0) is 9.63 Å². The first-order valence-electron chi connectivity index (χ1n) is 11.9. The van der Waals surface area contributed by atoms with Crippen LogP contribution in [0.1, 0.15) is 45.3 Å². The molecule has 180 valence electrons. The third-order valence-electron chi connectivity index (χ3n) is 6.42. The maximum absolute atomic E-state index is 11.6. The topological polar surface area (TPSA) is 87.9 Å². The van der Waals surface area contributed by atoms with Gasteiger partial charge in [-0.25, -0.2) is 4.98 Å². The van der Waals surface area contributed by atoms with E-state index in [0.717, 1.165) is 67.1 Å². The first kappa shape index (κ1) is 23.5. The second-order valence-electron chi connectivity index (χ2n) is 8.46. The Bertz CT molecular complexity index is 1140. The van der Waals surface area contributed by atoms with E-state index in [4.69, 9.17) is 9.82 Å². The smallest absolute Gasteiger partial charge is 0.229 e. The molecular formula is C25H33N7O2. The van der Waals surface area contributed by atoms with Crippen molar-refractivity contribution in [1.29, 1.82) is 0 Å². The van der Waals surface area contributed by atoms with E-state index in [0.29, 0.717) is 12.0 Å². The van der Waals surface area contributed by atoms with E-state index in [1.54, 1.807) is 20.2 Å². The van der Waals surface area contributed by atoms with Gasteiger partial charge in [-0.1, -0.05) is 19.0 Å². The van der Waals surface area contributed by atoms with Crippen LogP contribution in [0.15, 0.2) is 41.7 Å². The number of carbonyl (C=O) groups is 1. The fourth-order valence-electron chi connectivity index (χ4n) is 4.50. The van der Waals surface area contributed by atoms with Gasteiger partial charge < -0.3 is 24.5 Å². The zero-order valence-corrected chi connectivity index (χ0v) is 20.4. The number of carbonyl (C=O) groups excluding carboxylic acids is 1. The third-order valence-corrected chi connectivity index (χ3v) is 6.42. The van der Waals surface area contributed by atoms with Gasteiger partial charge in [-0.15, -0.1) is 0 Å². The summed E-state index contributed by atoms with van der Waals surface area (Å²) in [5, 5.41) is 8.27. The van der Waals surface area contributed by atoms with Crippen LogP contribution in [0.4, 0.5) is 17.3 Å².